The normalized spacial score (nSPS) is 6.96. The van der Waals surface area contributed by atoms with Gasteiger partial charge in [-0.2, -0.15) is 0 Å². The standard InChI is InChI=1S/4C3H4N2.Cu.2H2O/c4*1-2-5-3-4-1;;;/h4*1-3H,(H,4,5);;2*1H2/q;;;;+2;;/p+2. The fraction of sp³-hybridized carbons (Fsp3) is 0. The third-order valence-corrected chi connectivity index (χ3v) is 1.62. The number of aromatic nitrogens is 8. The van der Waals surface area contributed by atoms with E-state index in [2.05, 4.69) is 39.9 Å². The fourth-order valence-electron chi connectivity index (χ4n) is 0.861. The quantitative estimate of drug-likeness (QED) is 0.246. The van der Waals surface area contributed by atoms with Gasteiger partial charge in [0.2, 0.25) is 0 Å². The zero-order valence-electron chi connectivity index (χ0n) is 12.2. The first-order valence-corrected chi connectivity index (χ1v) is 5.71. The van der Waals surface area contributed by atoms with Gasteiger partial charge in [-0.3, -0.25) is 0 Å². The summed E-state index contributed by atoms with van der Waals surface area (Å²) < 4.78 is 0. The van der Waals surface area contributed by atoms with Crippen molar-refractivity contribution >= 4 is 0 Å². The molecular weight excluding hydrogens is 352 g/mol. The number of aromatic amines is 4. The number of hydrogen-bond acceptors (Lipinski definition) is 4. The van der Waals surface area contributed by atoms with Crippen LogP contribution in [-0.4, -0.2) is 39.9 Å². The number of imidazole rings is 4. The third kappa shape index (κ3) is 19.3. The van der Waals surface area contributed by atoms with Gasteiger partial charge in [0, 0.05) is 49.6 Å². The van der Waals surface area contributed by atoms with E-state index < -0.39 is 0 Å². The Morgan fingerprint density at radius 1 is 0.435 bits per heavy atom. The first-order valence-electron chi connectivity index (χ1n) is 5.71. The van der Waals surface area contributed by atoms with Gasteiger partial charge in [0.1, 0.15) is 0 Å². The van der Waals surface area contributed by atoms with Crippen molar-refractivity contribution in [3.05, 3.63) is 74.9 Å². The third-order valence-electron chi connectivity index (χ3n) is 1.62. The Hall–Kier alpha value is -2.72. The molecule has 1 radical (unpaired) electrons. The van der Waals surface area contributed by atoms with Crippen molar-refractivity contribution in [2.45, 2.75) is 0 Å². The zero-order valence-corrected chi connectivity index (χ0v) is 13.1. The molecule has 0 saturated heterocycles. The van der Waals surface area contributed by atoms with Gasteiger partial charge in [-0.15, -0.1) is 0 Å². The van der Waals surface area contributed by atoms with Crippen LogP contribution in [0.2, 0.25) is 0 Å². The van der Waals surface area contributed by atoms with Gasteiger partial charge in [-0.1, -0.05) is 0 Å². The predicted octanol–water partition coefficient (Wildman–Crippen LogP) is -0.207. The number of rotatable bonds is 0. The number of hydrogen-bond donors (Lipinski definition) is 4. The van der Waals surface area contributed by atoms with Gasteiger partial charge in [-0.05, 0) is 0 Å². The average Bonchev–Trinajstić information content (AvgIpc) is 3.40. The Kier molecular flexibility index (Phi) is 23.7. The van der Waals surface area contributed by atoms with Gasteiger partial charge in [0.15, 0.2) is 0 Å². The molecule has 0 aliphatic heterocycles. The van der Waals surface area contributed by atoms with Crippen LogP contribution in [0.25, 0.3) is 0 Å². The summed E-state index contributed by atoms with van der Waals surface area (Å²) in [5.74, 6) is 0. The molecule has 10 N–H and O–H groups in total. The molecule has 0 unspecified atom stereocenters. The van der Waals surface area contributed by atoms with Crippen LogP contribution in [0.4, 0.5) is 0 Å². The maximum absolute atomic E-state index is 3.67. The van der Waals surface area contributed by atoms with Crippen molar-refractivity contribution in [1.82, 2.24) is 39.9 Å². The van der Waals surface area contributed by atoms with Gasteiger partial charge in [-0.25, -0.2) is 19.9 Å². The van der Waals surface area contributed by atoms with E-state index in [1.54, 1.807) is 74.9 Å². The number of nitrogens with zero attached hydrogens (tertiary/aromatic N) is 4. The molecule has 4 rings (SSSR count). The van der Waals surface area contributed by atoms with Crippen LogP contribution < -0.4 is 0 Å². The van der Waals surface area contributed by atoms with E-state index in [0.717, 1.165) is 0 Å². The SMILES string of the molecule is [Cu+2].[OH3+].[OH3+].c1c[nH]cn1.c1c[nH]cn1.c1c[nH]cn1.c1c[nH]cn1. The molecule has 0 aliphatic carbocycles. The molecule has 11 heteroatoms. The van der Waals surface area contributed by atoms with Crippen molar-refractivity contribution in [1.29, 1.82) is 0 Å². The summed E-state index contributed by atoms with van der Waals surface area (Å²) in [6, 6.07) is 0. The summed E-state index contributed by atoms with van der Waals surface area (Å²) in [5, 5.41) is 0. The van der Waals surface area contributed by atoms with E-state index in [1.807, 2.05) is 0 Å². The second-order valence-electron chi connectivity index (χ2n) is 3.04. The number of H-pyrrole nitrogens is 4. The monoisotopic (exact) mass is 373 g/mol. The van der Waals surface area contributed by atoms with E-state index in [0.29, 0.717) is 0 Å². The maximum Gasteiger partial charge on any atom is 2.00 e. The minimum absolute atomic E-state index is 0. The molecule has 4 aromatic heterocycles. The van der Waals surface area contributed by atoms with E-state index >= 15 is 0 Å². The zero-order chi connectivity index (χ0) is 14.1. The van der Waals surface area contributed by atoms with Crippen molar-refractivity contribution in [3.63, 3.8) is 0 Å². The molecular formula is C12H22CuN8O2+4. The van der Waals surface area contributed by atoms with Crippen molar-refractivity contribution in [2.24, 2.45) is 0 Å². The Morgan fingerprint density at radius 3 is 0.696 bits per heavy atom. The minimum Gasteiger partial charge on any atom is -0.457 e. The predicted molar refractivity (Wildman–Crippen MR) is 84.1 cm³/mol. The van der Waals surface area contributed by atoms with Crippen LogP contribution in [-0.2, 0) is 28.0 Å². The Bertz CT molecular complexity index is 366. The van der Waals surface area contributed by atoms with E-state index in [-0.39, 0.29) is 28.0 Å². The molecule has 0 aromatic carbocycles. The van der Waals surface area contributed by atoms with Crippen molar-refractivity contribution in [3.8, 4) is 0 Å². The summed E-state index contributed by atoms with van der Waals surface area (Å²) in [7, 11) is 0. The molecule has 4 aromatic rings. The summed E-state index contributed by atoms with van der Waals surface area (Å²) >= 11 is 0. The molecule has 0 aliphatic rings. The summed E-state index contributed by atoms with van der Waals surface area (Å²) in [4.78, 5) is 25.7. The largest absolute Gasteiger partial charge is 2.00 e. The average molecular weight is 374 g/mol. The Balaban J connectivity index is -0.000000222. The molecule has 0 amide bonds. The van der Waals surface area contributed by atoms with Crippen LogP contribution >= 0.6 is 0 Å². The molecule has 0 spiro atoms. The molecule has 0 saturated carbocycles. The van der Waals surface area contributed by atoms with Gasteiger partial charge in [0.25, 0.3) is 0 Å². The summed E-state index contributed by atoms with van der Waals surface area (Å²) in [5.41, 5.74) is 0. The van der Waals surface area contributed by atoms with Gasteiger partial charge >= 0.3 is 17.1 Å². The molecule has 23 heavy (non-hydrogen) atoms. The molecule has 129 valence electrons. The Labute approximate surface area is 143 Å². The van der Waals surface area contributed by atoms with Gasteiger partial charge in [0.05, 0.1) is 25.3 Å². The van der Waals surface area contributed by atoms with Crippen LogP contribution in [0, 0.1) is 0 Å². The van der Waals surface area contributed by atoms with Crippen LogP contribution in [0.5, 0.6) is 0 Å². The van der Waals surface area contributed by atoms with Crippen molar-refractivity contribution in [2.75, 3.05) is 0 Å². The Morgan fingerprint density at radius 2 is 0.652 bits per heavy atom. The molecule has 0 fully saturated rings. The molecule has 0 bridgehead atoms. The van der Waals surface area contributed by atoms with Crippen LogP contribution in [0.15, 0.2) is 74.9 Å². The minimum atomic E-state index is 0. The van der Waals surface area contributed by atoms with Crippen LogP contribution in [0.1, 0.15) is 0 Å². The second kappa shape index (κ2) is 21.6. The van der Waals surface area contributed by atoms with Crippen LogP contribution in [0.3, 0.4) is 0 Å². The topological polar surface area (TPSA) is 181 Å². The maximum atomic E-state index is 3.67. The smallest absolute Gasteiger partial charge is 0.457 e. The van der Waals surface area contributed by atoms with E-state index in [9.17, 15) is 0 Å². The van der Waals surface area contributed by atoms with E-state index in [4.69, 9.17) is 0 Å². The van der Waals surface area contributed by atoms with E-state index in [1.165, 1.54) is 0 Å². The first-order chi connectivity index (χ1) is 10.0. The summed E-state index contributed by atoms with van der Waals surface area (Å²) in [6.45, 7) is 0. The second-order valence-corrected chi connectivity index (χ2v) is 3.04. The van der Waals surface area contributed by atoms with Gasteiger partial charge < -0.3 is 30.9 Å². The molecule has 10 nitrogen and oxygen atoms in total. The molecule has 4 heterocycles. The van der Waals surface area contributed by atoms with Crippen molar-refractivity contribution < 1.29 is 28.0 Å². The summed E-state index contributed by atoms with van der Waals surface area (Å²) in [6.07, 6.45) is 20.3. The first kappa shape index (κ1) is 25.2. The fourth-order valence-corrected chi connectivity index (χ4v) is 0.861. The molecule has 0 atom stereocenters. The number of nitrogens with one attached hydrogen (secondary N) is 4.